The molecule has 0 fully saturated rings. The van der Waals surface area contributed by atoms with E-state index in [0.717, 1.165) is 0 Å². The monoisotopic (exact) mass is 334 g/mol. The molecule has 2 rings (SSSR count). The molecule has 0 aliphatic carbocycles. The Morgan fingerprint density at radius 2 is 1.78 bits per heavy atom. The molecule has 0 aromatic heterocycles. The first kappa shape index (κ1) is 17.0. The average molecular weight is 335 g/mol. The number of halogens is 2. The number of benzene rings is 2. The van der Waals surface area contributed by atoms with E-state index >= 15 is 0 Å². The predicted octanol–water partition coefficient (Wildman–Crippen LogP) is 3.26. The van der Waals surface area contributed by atoms with Gasteiger partial charge >= 0.3 is 0 Å². The smallest absolute Gasteiger partial charge is 0.254 e. The van der Waals surface area contributed by atoms with Gasteiger partial charge in [0, 0.05) is 20.0 Å². The van der Waals surface area contributed by atoms with Crippen molar-refractivity contribution in [3.8, 4) is 0 Å². The lowest BCUT2D eigenvalue weighted by Crippen LogP contribution is -2.37. The lowest BCUT2D eigenvalue weighted by molar-refractivity contribution is -0.116. The highest BCUT2D eigenvalue weighted by Gasteiger charge is 2.15. The number of rotatable bonds is 5. The largest absolute Gasteiger partial charge is 0.350 e. The third kappa shape index (κ3) is 4.29. The van der Waals surface area contributed by atoms with E-state index in [1.807, 2.05) is 0 Å². The Bertz CT molecular complexity index is 721. The number of nitrogens with one attached hydrogen (secondary N) is 1. The van der Waals surface area contributed by atoms with E-state index in [2.05, 4.69) is 5.32 Å². The van der Waals surface area contributed by atoms with Crippen molar-refractivity contribution in [2.24, 2.45) is 0 Å². The minimum atomic E-state index is -0.584. The molecule has 0 radical (unpaired) electrons. The number of hydrogen-bond acceptors (Lipinski definition) is 2. The number of nitrogens with zero attached hydrogens (tertiary/aromatic N) is 1. The maximum atomic E-state index is 13.5. The van der Waals surface area contributed by atoms with Crippen LogP contribution in [0.1, 0.15) is 17.3 Å². The van der Waals surface area contributed by atoms with Gasteiger partial charge in [0.25, 0.3) is 5.91 Å². The molecule has 1 N–H and O–H groups in total. The van der Waals surface area contributed by atoms with Crippen LogP contribution in [0.25, 0.3) is 0 Å². The van der Waals surface area contributed by atoms with Crippen LogP contribution in [0.4, 0.5) is 10.1 Å². The van der Waals surface area contributed by atoms with Gasteiger partial charge in [0.1, 0.15) is 5.82 Å². The molecular formula is C17H16ClFN2O2. The third-order valence-electron chi connectivity index (χ3n) is 3.26. The van der Waals surface area contributed by atoms with E-state index in [9.17, 15) is 14.0 Å². The zero-order valence-corrected chi connectivity index (χ0v) is 13.3. The summed E-state index contributed by atoms with van der Waals surface area (Å²) in [6.45, 7) is 1.83. The Morgan fingerprint density at radius 3 is 2.43 bits per heavy atom. The maximum absolute atomic E-state index is 13.5. The van der Waals surface area contributed by atoms with Crippen LogP contribution in [0.5, 0.6) is 0 Å². The summed E-state index contributed by atoms with van der Waals surface area (Å²) < 4.78 is 13.5. The lowest BCUT2D eigenvalue weighted by Gasteiger charge is -2.22. The van der Waals surface area contributed by atoms with Crippen LogP contribution in [0.2, 0.25) is 5.02 Å². The van der Waals surface area contributed by atoms with Gasteiger partial charge in [0.15, 0.2) is 0 Å². The van der Waals surface area contributed by atoms with Crippen molar-refractivity contribution in [2.75, 3.05) is 18.0 Å². The molecule has 2 aromatic rings. The molecule has 2 aromatic carbocycles. The van der Waals surface area contributed by atoms with Crippen LogP contribution in [-0.2, 0) is 4.79 Å². The van der Waals surface area contributed by atoms with E-state index in [0.29, 0.717) is 10.7 Å². The van der Waals surface area contributed by atoms with Gasteiger partial charge in [-0.05, 0) is 24.3 Å². The first-order chi connectivity index (χ1) is 11.0. The molecule has 4 nitrogen and oxygen atoms in total. The molecule has 120 valence electrons. The molecule has 0 aliphatic rings. The first-order valence-electron chi connectivity index (χ1n) is 7.06. The fraction of sp³-hybridized carbons (Fsp3) is 0.176. The molecule has 0 saturated heterocycles. The topological polar surface area (TPSA) is 49.4 Å². The van der Waals surface area contributed by atoms with Crippen molar-refractivity contribution in [1.82, 2.24) is 5.32 Å². The highest BCUT2D eigenvalue weighted by atomic mass is 35.5. The van der Waals surface area contributed by atoms with Crippen molar-refractivity contribution in [3.05, 3.63) is 64.9 Å². The zero-order chi connectivity index (χ0) is 16.8. The van der Waals surface area contributed by atoms with E-state index in [-0.39, 0.29) is 24.6 Å². The van der Waals surface area contributed by atoms with E-state index < -0.39 is 11.7 Å². The summed E-state index contributed by atoms with van der Waals surface area (Å²) in [5.74, 6) is -1.30. The first-order valence-corrected chi connectivity index (χ1v) is 7.44. The van der Waals surface area contributed by atoms with E-state index in [1.54, 1.807) is 30.3 Å². The summed E-state index contributed by atoms with van der Waals surface area (Å²) in [4.78, 5) is 25.2. The van der Waals surface area contributed by atoms with Crippen LogP contribution in [0, 0.1) is 5.82 Å². The molecule has 0 spiro atoms. The number of para-hydroxylation sites is 1. The fourth-order valence-electron chi connectivity index (χ4n) is 2.14. The van der Waals surface area contributed by atoms with Crippen molar-refractivity contribution in [3.63, 3.8) is 0 Å². The Kier molecular flexibility index (Phi) is 5.71. The summed E-state index contributed by atoms with van der Waals surface area (Å²) in [5.41, 5.74) is 0.543. The zero-order valence-electron chi connectivity index (χ0n) is 12.6. The lowest BCUT2D eigenvalue weighted by atomic mass is 10.2. The average Bonchev–Trinajstić information content (AvgIpc) is 2.52. The third-order valence-corrected chi connectivity index (χ3v) is 3.58. The molecule has 0 unspecified atom stereocenters. The second-order valence-electron chi connectivity index (χ2n) is 4.86. The van der Waals surface area contributed by atoms with Gasteiger partial charge in [-0.1, -0.05) is 35.9 Å². The summed E-state index contributed by atoms with van der Waals surface area (Å²) in [5, 5.41) is 3.05. The fourth-order valence-corrected chi connectivity index (χ4v) is 2.38. The van der Waals surface area contributed by atoms with E-state index in [4.69, 9.17) is 11.6 Å². The second-order valence-corrected chi connectivity index (χ2v) is 5.27. The Morgan fingerprint density at radius 1 is 1.13 bits per heavy atom. The summed E-state index contributed by atoms with van der Waals surface area (Å²) in [6.07, 6.45) is 0. The molecule has 0 aliphatic heterocycles. The van der Waals surface area contributed by atoms with Gasteiger partial charge in [-0.2, -0.15) is 0 Å². The normalized spacial score (nSPS) is 10.2. The van der Waals surface area contributed by atoms with Crippen molar-refractivity contribution >= 4 is 29.1 Å². The van der Waals surface area contributed by atoms with Crippen LogP contribution in [0.15, 0.2) is 48.5 Å². The highest BCUT2D eigenvalue weighted by Crippen LogP contribution is 2.24. The van der Waals surface area contributed by atoms with Gasteiger partial charge in [-0.25, -0.2) is 4.39 Å². The summed E-state index contributed by atoms with van der Waals surface area (Å²) in [7, 11) is 0. The molecule has 0 bridgehead atoms. The molecule has 2 amide bonds. The van der Waals surface area contributed by atoms with Crippen LogP contribution < -0.4 is 10.2 Å². The van der Waals surface area contributed by atoms with Gasteiger partial charge in [0.2, 0.25) is 5.91 Å². The molecule has 6 heteroatoms. The summed E-state index contributed by atoms with van der Waals surface area (Å²) in [6, 6.07) is 12.7. The predicted molar refractivity (Wildman–Crippen MR) is 88.2 cm³/mol. The number of carbonyl (C=O) groups is 2. The standard InChI is InChI=1S/C17H16ClFN2O2/c1-12(22)21(16-9-5-3-7-14(16)18)11-10-20-17(23)13-6-2-4-8-15(13)19/h2-9H,10-11H2,1H3,(H,20,23). The van der Waals surface area contributed by atoms with Crippen molar-refractivity contribution < 1.29 is 14.0 Å². The van der Waals surface area contributed by atoms with Gasteiger partial charge in [0.05, 0.1) is 16.3 Å². The number of amides is 2. The van der Waals surface area contributed by atoms with Gasteiger partial charge in [-0.3, -0.25) is 9.59 Å². The Labute approximate surface area is 138 Å². The number of carbonyl (C=O) groups excluding carboxylic acids is 2. The summed E-state index contributed by atoms with van der Waals surface area (Å²) >= 11 is 6.09. The Balaban J connectivity index is 2.01. The van der Waals surface area contributed by atoms with Crippen LogP contribution >= 0.6 is 11.6 Å². The highest BCUT2D eigenvalue weighted by molar-refractivity contribution is 6.33. The minimum Gasteiger partial charge on any atom is -0.350 e. The van der Waals surface area contributed by atoms with Gasteiger partial charge in [-0.15, -0.1) is 0 Å². The molecule has 23 heavy (non-hydrogen) atoms. The molecule has 0 heterocycles. The molecule has 0 saturated carbocycles. The van der Waals surface area contributed by atoms with Crippen molar-refractivity contribution in [2.45, 2.75) is 6.92 Å². The SMILES string of the molecule is CC(=O)N(CCNC(=O)c1ccccc1F)c1ccccc1Cl. The van der Waals surface area contributed by atoms with E-state index in [1.165, 1.54) is 30.0 Å². The minimum absolute atomic E-state index is 0.0281. The molecular weight excluding hydrogens is 319 g/mol. The number of hydrogen-bond donors (Lipinski definition) is 1. The molecule has 0 atom stereocenters. The number of anilines is 1. The second kappa shape index (κ2) is 7.74. The maximum Gasteiger partial charge on any atom is 0.254 e. The van der Waals surface area contributed by atoms with Gasteiger partial charge < -0.3 is 10.2 Å². The Hall–Kier alpha value is -2.40. The van der Waals surface area contributed by atoms with Crippen LogP contribution in [-0.4, -0.2) is 24.9 Å². The van der Waals surface area contributed by atoms with Crippen LogP contribution in [0.3, 0.4) is 0 Å². The van der Waals surface area contributed by atoms with Crippen molar-refractivity contribution in [1.29, 1.82) is 0 Å². The quantitative estimate of drug-likeness (QED) is 0.912.